The lowest BCUT2D eigenvalue weighted by atomic mass is 9.81. The van der Waals surface area contributed by atoms with Crippen molar-refractivity contribution in [2.75, 3.05) is 4.90 Å². The third kappa shape index (κ3) is 2.12. The van der Waals surface area contributed by atoms with Gasteiger partial charge in [0.2, 0.25) is 21.8 Å². The van der Waals surface area contributed by atoms with Crippen molar-refractivity contribution in [2.24, 2.45) is 23.7 Å². The lowest BCUT2D eigenvalue weighted by molar-refractivity contribution is -0.123. The van der Waals surface area contributed by atoms with Crippen LogP contribution in [0.3, 0.4) is 0 Å². The summed E-state index contributed by atoms with van der Waals surface area (Å²) in [6.07, 6.45) is 0.769. The smallest absolute Gasteiger partial charge is 0.243 e. The van der Waals surface area contributed by atoms with Gasteiger partial charge in [0, 0.05) is 12.1 Å². The fourth-order valence-electron chi connectivity index (χ4n) is 6.04. The van der Waals surface area contributed by atoms with Crippen LogP contribution in [0, 0.1) is 30.6 Å². The van der Waals surface area contributed by atoms with Crippen LogP contribution in [0.1, 0.15) is 12.0 Å². The molecule has 1 unspecified atom stereocenters. The molecule has 2 saturated carbocycles. The largest absolute Gasteiger partial charge is 0.274 e. The Bertz CT molecular complexity index is 1110. The zero-order valence-electron chi connectivity index (χ0n) is 15.8. The Morgan fingerprint density at radius 2 is 1.38 bits per heavy atom. The number of amides is 2. The van der Waals surface area contributed by atoms with Crippen molar-refractivity contribution in [1.82, 2.24) is 4.31 Å². The minimum Gasteiger partial charge on any atom is -0.274 e. The predicted octanol–water partition coefficient (Wildman–Crippen LogP) is 2.19. The molecule has 2 aliphatic heterocycles. The molecule has 2 amide bonds. The van der Waals surface area contributed by atoms with Crippen LogP contribution in [0.15, 0.2) is 59.5 Å². The Morgan fingerprint density at radius 3 is 1.93 bits per heavy atom. The number of hydrogen-bond acceptors (Lipinski definition) is 4. The SMILES string of the molecule is Cc1ccc(S(=O)(=O)N2[C@@H]3[C@@H]4C[C@@H]([C@@H]5C(=O)N(c6ccccc6)C(=O)[C@H]45)[C@@H]32)cc1. The number of sulfonamides is 1. The molecule has 0 aromatic heterocycles. The van der Waals surface area contributed by atoms with E-state index in [1.54, 1.807) is 40.7 Å². The van der Waals surface area contributed by atoms with Crippen molar-refractivity contribution < 1.29 is 18.0 Å². The second kappa shape index (κ2) is 5.55. The number of carbonyl (C=O) groups excluding carboxylic acids is 2. The summed E-state index contributed by atoms with van der Waals surface area (Å²) in [5.74, 6) is -1.27. The number of nitrogens with zero attached hydrogens (tertiary/aromatic N) is 2. The van der Waals surface area contributed by atoms with Crippen molar-refractivity contribution in [3.05, 3.63) is 60.2 Å². The maximum absolute atomic E-state index is 13.2. The molecule has 6 nitrogen and oxygen atoms in total. The van der Waals surface area contributed by atoms with Gasteiger partial charge in [0.05, 0.1) is 22.4 Å². The van der Waals surface area contributed by atoms with Crippen LogP contribution in [0.25, 0.3) is 0 Å². The van der Waals surface area contributed by atoms with Crippen LogP contribution >= 0.6 is 0 Å². The van der Waals surface area contributed by atoms with Crippen molar-refractivity contribution in [2.45, 2.75) is 30.3 Å². The van der Waals surface area contributed by atoms with E-state index in [-0.39, 0.29) is 40.6 Å². The first kappa shape index (κ1) is 17.4. The summed E-state index contributed by atoms with van der Waals surface area (Å²) in [5.41, 5.74) is 1.61. The minimum atomic E-state index is -3.60. The Labute approximate surface area is 169 Å². The Kier molecular flexibility index (Phi) is 3.32. The second-order valence-electron chi connectivity index (χ2n) is 8.59. The zero-order valence-corrected chi connectivity index (χ0v) is 16.6. The van der Waals surface area contributed by atoms with Gasteiger partial charge < -0.3 is 0 Å². The summed E-state index contributed by atoms with van der Waals surface area (Å²) in [6, 6.07) is 15.6. The summed E-state index contributed by atoms with van der Waals surface area (Å²) in [5, 5.41) is 0. The number of piperidine rings is 1. The topological polar surface area (TPSA) is 74.5 Å². The number of benzene rings is 2. The average Bonchev–Trinajstić information content (AvgIpc) is 3.10. The lowest BCUT2D eigenvalue weighted by Crippen LogP contribution is -2.34. The van der Waals surface area contributed by atoms with Crippen molar-refractivity contribution in [1.29, 1.82) is 0 Å². The molecular weight excluding hydrogens is 388 g/mol. The van der Waals surface area contributed by atoms with Crippen LogP contribution in [0.4, 0.5) is 5.69 Å². The Balaban J connectivity index is 1.32. The first-order valence-corrected chi connectivity index (χ1v) is 11.4. The number of rotatable bonds is 3. The molecule has 29 heavy (non-hydrogen) atoms. The number of hydrogen-bond donors (Lipinski definition) is 0. The molecule has 0 radical (unpaired) electrons. The van der Waals surface area contributed by atoms with Crippen LogP contribution in [-0.2, 0) is 19.6 Å². The first-order valence-electron chi connectivity index (χ1n) is 9.94. The Morgan fingerprint density at radius 1 is 0.828 bits per heavy atom. The van der Waals surface area contributed by atoms with Gasteiger partial charge in [-0.25, -0.2) is 8.42 Å². The van der Waals surface area contributed by atoms with E-state index in [1.165, 1.54) is 4.90 Å². The molecule has 2 aliphatic carbocycles. The predicted molar refractivity (Wildman–Crippen MR) is 105 cm³/mol. The van der Waals surface area contributed by atoms with E-state index in [2.05, 4.69) is 0 Å². The number of fused-ring (bicyclic) bond motifs is 8. The van der Waals surface area contributed by atoms with Crippen molar-refractivity contribution in [3.8, 4) is 0 Å². The number of aryl methyl sites for hydroxylation is 1. The van der Waals surface area contributed by atoms with Crippen LogP contribution in [0.5, 0.6) is 0 Å². The molecule has 2 saturated heterocycles. The maximum atomic E-state index is 13.2. The summed E-state index contributed by atoms with van der Waals surface area (Å²) < 4.78 is 27.9. The van der Waals surface area contributed by atoms with Gasteiger partial charge in [-0.2, -0.15) is 4.31 Å². The molecular formula is C22H20N2O4S. The molecule has 4 aliphatic rings. The third-order valence-electron chi connectivity index (χ3n) is 7.20. The van der Waals surface area contributed by atoms with E-state index in [0.717, 1.165) is 12.0 Å². The van der Waals surface area contributed by atoms with Crippen LogP contribution in [-0.4, -0.2) is 36.6 Å². The molecule has 6 rings (SSSR count). The Hall–Kier alpha value is -2.51. The van der Waals surface area contributed by atoms with Crippen molar-refractivity contribution >= 4 is 27.5 Å². The van der Waals surface area contributed by atoms with Gasteiger partial charge in [-0.1, -0.05) is 35.9 Å². The van der Waals surface area contributed by atoms with Gasteiger partial charge in [-0.15, -0.1) is 0 Å². The van der Waals surface area contributed by atoms with Crippen LogP contribution < -0.4 is 4.90 Å². The first-order chi connectivity index (χ1) is 13.9. The molecule has 0 N–H and O–H groups in total. The molecule has 2 aromatic rings. The van der Waals surface area contributed by atoms with Gasteiger partial charge >= 0.3 is 0 Å². The summed E-state index contributed by atoms with van der Waals surface area (Å²) >= 11 is 0. The van der Waals surface area contributed by atoms with E-state index in [9.17, 15) is 18.0 Å². The molecule has 7 atom stereocenters. The number of anilines is 1. The highest BCUT2D eigenvalue weighted by atomic mass is 32.2. The van der Waals surface area contributed by atoms with Gasteiger partial charge in [-0.3, -0.25) is 14.5 Å². The standard InChI is InChI=1S/C22H20N2O4S/c1-12-7-9-14(10-8-12)29(27,28)24-19-15-11-16(20(19)24)18-17(15)21(25)23(22(18)26)13-5-3-2-4-6-13/h2-10,15-20H,11H2,1H3/t15-,16+,17-,18+,19-,20+,24?. The molecule has 7 heteroatoms. The minimum absolute atomic E-state index is 0.0691. The zero-order chi connectivity index (χ0) is 20.1. The molecule has 2 heterocycles. The molecule has 4 fully saturated rings. The number of imide groups is 1. The summed E-state index contributed by atoms with van der Waals surface area (Å²) in [6.45, 7) is 1.92. The fraction of sp³-hybridized carbons (Fsp3) is 0.364. The van der Waals surface area contributed by atoms with Gasteiger partial charge in [-0.05, 0) is 49.4 Å². The normalized spacial score (nSPS) is 37.0. The molecule has 2 aromatic carbocycles. The van der Waals surface area contributed by atoms with E-state index < -0.39 is 21.9 Å². The highest BCUT2D eigenvalue weighted by molar-refractivity contribution is 7.89. The van der Waals surface area contributed by atoms with Crippen molar-refractivity contribution in [3.63, 3.8) is 0 Å². The molecule has 0 spiro atoms. The third-order valence-corrected chi connectivity index (χ3v) is 9.11. The van der Waals surface area contributed by atoms with E-state index in [1.807, 2.05) is 25.1 Å². The maximum Gasteiger partial charge on any atom is 0.243 e. The van der Waals surface area contributed by atoms with Crippen LogP contribution in [0.2, 0.25) is 0 Å². The molecule has 2 bridgehead atoms. The van der Waals surface area contributed by atoms with Gasteiger partial charge in [0.15, 0.2) is 0 Å². The second-order valence-corrected chi connectivity index (χ2v) is 10.4. The summed E-state index contributed by atoms with van der Waals surface area (Å²) in [7, 11) is -3.60. The highest BCUT2D eigenvalue weighted by Crippen LogP contribution is 2.66. The average molecular weight is 408 g/mol. The highest BCUT2D eigenvalue weighted by Gasteiger charge is 2.78. The lowest BCUT2D eigenvalue weighted by Gasteiger charge is -2.20. The monoisotopic (exact) mass is 408 g/mol. The summed E-state index contributed by atoms with van der Waals surface area (Å²) in [4.78, 5) is 27.9. The number of para-hydroxylation sites is 1. The molecule has 148 valence electrons. The van der Waals surface area contributed by atoms with Gasteiger partial charge in [0.25, 0.3) is 0 Å². The van der Waals surface area contributed by atoms with Gasteiger partial charge in [0.1, 0.15) is 0 Å². The van der Waals surface area contributed by atoms with E-state index >= 15 is 0 Å². The number of carbonyl (C=O) groups is 2. The van der Waals surface area contributed by atoms with E-state index in [0.29, 0.717) is 5.69 Å². The van der Waals surface area contributed by atoms with E-state index in [4.69, 9.17) is 0 Å². The quantitative estimate of drug-likeness (QED) is 0.576. The fourth-order valence-corrected chi connectivity index (χ4v) is 7.91.